The number of piperidine rings is 1. The summed E-state index contributed by atoms with van der Waals surface area (Å²) in [6.45, 7) is 5.18. The number of hydrogen-bond acceptors (Lipinski definition) is 6. The molecular weight excluding hydrogens is 258 g/mol. The van der Waals surface area contributed by atoms with Crippen molar-refractivity contribution in [2.24, 2.45) is 0 Å². The Balaban J connectivity index is 2.32. The molecule has 1 aliphatic rings. The second-order valence-electron chi connectivity index (χ2n) is 4.79. The van der Waals surface area contributed by atoms with E-state index in [0.29, 0.717) is 12.5 Å². The maximum absolute atomic E-state index is 11.9. The maximum atomic E-state index is 11.9. The van der Waals surface area contributed by atoms with Gasteiger partial charge < -0.3 is 14.4 Å². The zero-order chi connectivity index (χ0) is 14.5. The fourth-order valence-electron chi connectivity index (χ4n) is 2.56. The molecule has 6 nitrogen and oxygen atoms in total. The van der Waals surface area contributed by atoms with E-state index in [4.69, 9.17) is 9.47 Å². The molecule has 1 unspecified atom stereocenters. The number of nitrogens with zero attached hydrogens (tertiary/aromatic N) is 3. The number of esters is 1. The molecule has 20 heavy (non-hydrogen) atoms. The lowest BCUT2D eigenvalue weighted by Gasteiger charge is -2.35. The molecule has 1 aliphatic heterocycles. The van der Waals surface area contributed by atoms with E-state index < -0.39 is 0 Å². The Hall–Kier alpha value is -1.85. The molecule has 0 N–H and O–H groups in total. The maximum Gasteiger partial charge on any atom is 0.328 e. The van der Waals surface area contributed by atoms with Gasteiger partial charge in [-0.3, -0.25) is 0 Å². The van der Waals surface area contributed by atoms with E-state index in [-0.39, 0.29) is 12.0 Å². The first-order valence-electron chi connectivity index (χ1n) is 6.97. The van der Waals surface area contributed by atoms with Crippen LogP contribution in [0.2, 0.25) is 0 Å². The highest BCUT2D eigenvalue weighted by Gasteiger charge is 2.31. The molecule has 0 aliphatic carbocycles. The first-order chi connectivity index (χ1) is 9.69. The Kier molecular flexibility index (Phi) is 4.76. The number of rotatable bonds is 4. The average molecular weight is 279 g/mol. The molecule has 0 saturated carbocycles. The molecule has 2 heterocycles. The monoisotopic (exact) mass is 279 g/mol. The molecule has 1 aromatic rings. The van der Waals surface area contributed by atoms with Crippen molar-refractivity contribution in [2.45, 2.75) is 39.2 Å². The van der Waals surface area contributed by atoms with E-state index in [2.05, 4.69) is 9.97 Å². The number of carbonyl (C=O) groups excluding carboxylic acids is 1. The third-order valence-corrected chi connectivity index (χ3v) is 3.54. The summed E-state index contributed by atoms with van der Waals surface area (Å²) in [6.07, 6.45) is 4.34. The Bertz CT molecular complexity index is 479. The lowest BCUT2D eigenvalue weighted by Crippen LogP contribution is -2.46. The number of aromatic nitrogens is 2. The third-order valence-electron chi connectivity index (χ3n) is 3.54. The van der Waals surface area contributed by atoms with Crippen molar-refractivity contribution in [3.63, 3.8) is 0 Å². The highest BCUT2D eigenvalue weighted by Crippen LogP contribution is 2.29. The lowest BCUT2D eigenvalue weighted by atomic mass is 10.0. The van der Waals surface area contributed by atoms with Gasteiger partial charge in [0.15, 0.2) is 0 Å². The van der Waals surface area contributed by atoms with Crippen molar-refractivity contribution < 1.29 is 14.3 Å². The van der Waals surface area contributed by atoms with Crippen molar-refractivity contribution >= 4 is 11.8 Å². The van der Waals surface area contributed by atoms with Crippen LogP contribution < -0.4 is 9.64 Å². The highest BCUT2D eigenvalue weighted by molar-refractivity contribution is 5.80. The number of carbonyl (C=O) groups is 1. The van der Waals surface area contributed by atoms with E-state index in [0.717, 1.165) is 37.2 Å². The normalized spacial score (nSPS) is 18.8. The zero-order valence-corrected chi connectivity index (χ0v) is 12.3. The minimum atomic E-state index is -0.267. The second-order valence-corrected chi connectivity index (χ2v) is 4.79. The highest BCUT2D eigenvalue weighted by atomic mass is 16.5. The topological polar surface area (TPSA) is 64.6 Å². The molecule has 6 heteroatoms. The van der Waals surface area contributed by atoms with Gasteiger partial charge in [0.05, 0.1) is 19.3 Å². The summed E-state index contributed by atoms with van der Waals surface area (Å²) >= 11 is 0. The van der Waals surface area contributed by atoms with Gasteiger partial charge in [0.1, 0.15) is 18.2 Å². The molecular formula is C14H21N3O3. The fourth-order valence-corrected chi connectivity index (χ4v) is 2.56. The molecule has 2 rings (SSSR count). The van der Waals surface area contributed by atoms with Gasteiger partial charge in [0.25, 0.3) is 0 Å². The minimum absolute atomic E-state index is 0.208. The van der Waals surface area contributed by atoms with Gasteiger partial charge in [-0.1, -0.05) is 0 Å². The molecule has 0 amide bonds. The van der Waals surface area contributed by atoms with Crippen LogP contribution in [-0.4, -0.2) is 42.2 Å². The Morgan fingerprint density at radius 2 is 2.25 bits per heavy atom. The summed E-state index contributed by atoms with van der Waals surface area (Å²) in [7, 11) is 1.42. The Morgan fingerprint density at radius 1 is 1.45 bits per heavy atom. The van der Waals surface area contributed by atoms with Crippen molar-refractivity contribution in [3.05, 3.63) is 11.9 Å². The van der Waals surface area contributed by atoms with Crippen molar-refractivity contribution in [3.8, 4) is 5.88 Å². The number of methoxy groups -OCH3 is 1. The summed E-state index contributed by atoms with van der Waals surface area (Å²) in [5.41, 5.74) is 0.866. The SMILES string of the molecule is CCOc1ncnc(N2CCCCC2C(=O)OC)c1C. The van der Waals surface area contributed by atoms with Crippen LogP contribution in [0, 0.1) is 6.92 Å². The van der Waals surface area contributed by atoms with Crippen LogP contribution in [0.3, 0.4) is 0 Å². The molecule has 1 saturated heterocycles. The molecule has 0 bridgehead atoms. The Labute approximate surface area is 119 Å². The van der Waals surface area contributed by atoms with Crippen LogP contribution in [0.25, 0.3) is 0 Å². The largest absolute Gasteiger partial charge is 0.478 e. The lowest BCUT2D eigenvalue weighted by molar-refractivity contribution is -0.142. The van der Waals surface area contributed by atoms with Crippen LogP contribution in [0.4, 0.5) is 5.82 Å². The minimum Gasteiger partial charge on any atom is -0.478 e. The quantitative estimate of drug-likeness (QED) is 0.782. The van der Waals surface area contributed by atoms with Gasteiger partial charge in [-0.2, -0.15) is 0 Å². The number of hydrogen-bond donors (Lipinski definition) is 0. The summed E-state index contributed by atoms with van der Waals surface area (Å²) in [4.78, 5) is 22.4. The van der Waals surface area contributed by atoms with Crippen molar-refractivity contribution in [2.75, 3.05) is 25.2 Å². The summed E-state index contributed by atoms with van der Waals surface area (Å²) in [6, 6.07) is -0.267. The van der Waals surface area contributed by atoms with Crippen molar-refractivity contribution in [1.29, 1.82) is 0 Å². The van der Waals surface area contributed by atoms with Gasteiger partial charge in [0, 0.05) is 6.54 Å². The smallest absolute Gasteiger partial charge is 0.328 e. The zero-order valence-electron chi connectivity index (χ0n) is 12.3. The van der Waals surface area contributed by atoms with E-state index in [1.54, 1.807) is 0 Å². The number of anilines is 1. The molecule has 1 aromatic heterocycles. The van der Waals surface area contributed by atoms with E-state index in [9.17, 15) is 4.79 Å². The summed E-state index contributed by atoms with van der Waals surface area (Å²) in [5, 5.41) is 0. The first kappa shape index (κ1) is 14.6. The van der Waals surface area contributed by atoms with Crippen LogP contribution in [0.1, 0.15) is 31.7 Å². The van der Waals surface area contributed by atoms with Gasteiger partial charge in [-0.05, 0) is 33.1 Å². The van der Waals surface area contributed by atoms with Crippen molar-refractivity contribution in [1.82, 2.24) is 9.97 Å². The summed E-state index contributed by atoms with van der Waals surface area (Å²) in [5.74, 6) is 1.13. The van der Waals surface area contributed by atoms with Gasteiger partial charge in [-0.15, -0.1) is 0 Å². The van der Waals surface area contributed by atoms with Gasteiger partial charge in [0.2, 0.25) is 5.88 Å². The predicted molar refractivity (Wildman–Crippen MR) is 74.9 cm³/mol. The van der Waals surface area contributed by atoms with Crippen LogP contribution >= 0.6 is 0 Å². The molecule has 0 radical (unpaired) electrons. The molecule has 1 fully saturated rings. The summed E-state index contributed by atoms with van der Waals surface area (Å²) < 4.78 is 10.4. The van der Waals surface area contributed by atoms with Gasteiger partial charge in [-0.25, -0.2) is 14.8 Å². The standard InChI is InChI=1S/C14H21N3O3/c1-4-20-13-10(2)12(15-9-16-13)17-8-6-5-7-11(17)14(18)19-3/h9,11H,4-8H2,1-3H3. The second kappa shape index (κ2) is 6.54. The van der Waals surface area contributed by atoms with E-state index in [1.165, 1.54) is 13.4 Å². The number of ether oxygens (including phenoxy) is 2. The molecule has 0 aromatic carbocycles. The van der Waals surface area contributed by atoms with E-state index >= 15 is 0 Å². The van der Waals surface area contributed by atoms with Crippen LogP contribution in [0.5, 0.6) is 5.88 Å². The first-order valence-corrected chi connectivity index (χ1v) is 6.97. The van der Waals surface area contributed by atoms with Crippen LogP contribution in [0.15, 0.2) is 6.33 Å². The third kappa shape index (κ3) is 2.84. The Morgan fingerprint density at radius 3 is 2.95 bits per heavy atom. The molecule has 0 spiro atoms. The van der Waals surface area contributed by atoms with E-state index in [1.807, 2.05) is 18.7 Å². The van der Waals surface area contributed by atoms with Crippen LogP contribution in [-0.2, 0) is 9.53 Å². The average Bonchev–Trinajstić information content (AvgIpc) is 2.49. The molecule has 1 atom stereocenters. The predicted octanol–water partition coefficient (Wildman–Crippen LogP) is 1.72. The fraction of sp³-hybridized carbons (Fsp3) is 0.643. The molecule has 110 valence electrons. The van der Waals surface area contributed by atoms with Gasteiger partial charge >= 0.3 is 5.97 Å².